The first kappa shape index (κ1) is 11.5. The van der Waals surface area contributed by atoms with Crippen molar-refractivity contribution in [3.8, 4) is 0 Å². The van der Waals surface area contributed by atoms with Gasteiger partial charge in [-0.3, -0.25) is 0 Å². The molecule has 0 saturated carbocycles. The number of thiol groups is 1. The minimum atomic E-state index is -1.65. The van der Waals surface area contributed by atoms with Gasteiger partial charge in [0.25, 0.3) is 0 Å². The lowest BCUT2D eigenvalue weighted by Crippen LogP contribution is -2.21. The van der Waals surface area contributed by atoms with Gasteiger partial charge in [-0.1, -0.05) is 6.92 Å². The lowest BCUT2D eigenvalue weighted by molar-refractivity contribution is 0.879. The molecule has 0 spiro atoms. The molecule has 62 valence electrons. The van der Waals surface area contributed by atoms with Crippen LogP contribution in [0.1, 0.15) is 13.3 Å². The third-order valence-corrected chi connectivity index (χ3v) is 14.1. The van der Waals surface area contributed by atoms with E-state index < -0.39 is 13.4 Å². The molecule has 0 aliphatic rings. The maximum Gasteiger partial charge on any atom is 0.0221 e. The highest BCUT2D eigenvalue weighted by molar-refractivity contribution is 9.04. The fourth-order valence-corrected chi connectivity index (χ4v) is 2.89. The first-order valence-corrected chi connectivity index (χ1v) is 10.1. The fourth-order valence-electron chi connectivity index (χ4n) is 0.284. The SMILES string of the molecule is CCCNS(=S)(=S)[SH](=S)=S. The molecule has 0 atom stereocenters. The molecule has 0 heterocycles. The van der Waals surface area contributed by atoms with Crippen molar-refractivity contribution in [1.29, 1.82) is 0 Å². The van der Waals surface area contributed by atoms with Gasteiger partial charge in [-0.2, -0.15) is 0 Å². The van der Waals surface area contributed by atoms with Gasteiger partial charge < -0.3 is 0 Å². The molecule has 1 N–H and O–H groups in total. The minimum Gasteiger partial charge on any atom is -0.250 e. The number of rotatable bonds is 4. The second-order valence-corrected chi connectivity index (χ2v) is 15.4. The van der Waals surface area contributed by atoms with E-state index in [1.807, 2.05) is 0 Å². The van der Waals surface area contributed by atoms with Crippen molar-refractivity contribution in [1.82, 2.24) is 4.72 Å². The Morgan fingerprint density at radius 3 is 2.20 bits per heavy atom. The van der Waals surface area contributed by atoms with E-state index in [-0.39, 0.29) is 0 Å². The predicted molar refractivity (Wildman–Crippen MR) is 63.9 cm³/mol. The summed E-state index contributed by atoms with van der Waals surface area (Å²) in [4.78, 5) is 0. The average molecular weight is 252 g/mol. The second kappa shape index (κ2) is 5.23. The van der Waals surface area contributed by atoms with Gasteiger partial charge in [-0.25, -0.2) is 4.72 Å². The van der Waals surface area contributed by atoms with E-state index in [0.717, 1.165) is 13.0 Å². The van der Waals surface area contributed by atoms with Crippen molar-refractivity contribution >= 4 is 58.2 Å². The summed E-state index contributed by atoms with van der Waals surface area (Å²) in [6.07, 6.45) is -0.626. The summed E-state index contributed by atoms with van der Waals surface area (Å²) in [6.45, 7) is 2.90. The van der Waals surface area contributed by atoms with Crippen molar-refractivity contribution in [2.24, 2.45) is 0 Å². The molecule has 0 aliphatic heterocycles. The van der Waals surface area contributed by atoms with Crippen LogP contribution in [0.5, 0.6) is 0 Å². The Balaban J connectivity index is 4.17. The zero-order valence-corrected chi connectivity index (χ0v) is 10.4. The van der Waals surface area contributed by atoms with Gasteiger partial charge in [-0.05, 0) is 58.2 Å². The topological polar surface area (TPSA) is 12.0 Å². The summed E-state index contributed by atoms with van der Waals surface area (Å²) >= 11 is 19.8. The molecule has 0 saturated heterocycles. The zero-order chi connectivity index (χ0) is 8.20. The Kier molecular flexibility index (Phi) is 6.04. The van der Waals surface area contributed by atoms with Crippen LogP contribution in [0.25, 0.3) is 0 Å². The molecule has 0 bridgehead atoms. The summed E-state index contributed by atoms with van der Waals surface area (Å²) in [5.74, 6) is 0. The molecule has 0 unspecified atom stereocenters. The van der Waals surface area contributed by atoms with Gasteiger partial charge >= 0.3 is 0 Å². The maximum atomic E-state index is 5.04. The van der Waals surface area contributed by atoms with Gasteiger partial charge in [0.15, 0.2) is 0 Å². The van der Waals surface area contributed by atoms with Crippen molar-refractivity contribution in [3.63, 3.8) is 0 Å². The van der Waals surface area contributed by atoms with E-state index in [9.17, 15) is 0 Å². The molecule has 0 aliphatic carbocycles. The molecule has 0 fully saturated rings. The first-order valence-electron chi connectivity index (χ1n) is 2.65. The standard InChI is InChI=1S/C3H9NS6/c1-2-3-4-10(7,8)9(5)6/h4,9H,2-3H2,1H3. The minimum absolute atomic E-state index is 0.842. The summed E-state index contributed by atoms with van der Waals surface area (Å²) in [6, 6.07) is 0. The van der Waals surface area contributed by atoms with Crippen LogP contribution >= 0.6 is 0 Å². The smallest absolute Gasteiger partial charge is 0.0221 e. The quantitative estimate of drug-likeness (QED) is 0.544. The van der Waals surface area contributed by atoms with Crippen LogP contribution in [0.3, 0.4) is 0 Å². The number of hydrogen-bond donors (Lipinski definition) is 2. The van der Waals surface area contributed by atoms with Crippen molar-refractivity contribution in [3.05, 3.63) is 0 Å². The van der Waals surface area contributed by atoms with E-state index in [2.05, 4.69) is 11.6 Å². The summed E-state index contributed by atoms with van der Waals surface area (Å²) < 4.78 is 3.04. The predicted octanol–water partition coefficient (Wildman–Crippen LogP) is 0.168. The normalized spacial score (nSPS) is 12.2. The summed E-state index contributed by atoms with van der Waals surface area (Å²) in [5, 5.41) is 0. The van der Waals surface area contributed by atoms with E-state index in [1.165, 1.54) is 0 Å². The molecular formula is C3H9NS6. The van der Waals surface area contributed by atoms with E-state index in [4.69, 9.17) is 44.8 Å². The van der Waals surface area contributed by atoms with Gasteiger partial charge in [0.1, 0.15) is 0 Å². The Bertz CT molecular complexity index is 238. The molecule has 0 radical (unpaired) electrons. The van der Waals surface area contributed by atoms with Gasteiger partial charge in [0, 0.05) is 12.9 Å². The molecule has 0 aromatic rings. The van der Waals surface area contributed by atoms with Crippen LogP contribution in [-0.2, 0) is 58.2 Å². The van der Waals surface area contributed by atoms with Crippen molar-refractivity contribution < 1.29 is 0 Å². The van der Waals surface area contributed by atoms with Gasteiger partial charge in [0.2, 0.25) is 0 Å². The lowest BCUT2D eigenvalue weighted by atomic mass is 10.5. The van der Waals surface area contributed by atoms with Crippen LogP contribution in [-0.4, -0.2) is 6.54 Å². The number of nitrogens with one attached hydrogen (secondary N) is 1. The van der Waals surface area contributed by atoms with E-state index in [1.54, 1.807) is 0 Å². The van der Waals surface area contributed by atoms with Crippen LogP contribution < -0.4 is 4.72 Å². The molecule has 10 heavy (non-hydrogen) atoms. The zero-order valence-electron chi connectivity index (χ0n) is 5.40. The van der Waals surface area contributed by atoms with Gasteiger partial charge in [-0.15, -0.1) is 0 Å². The second-order valence-electron chi connectivity index (χ2n) is 1.59. The maximum absolute atomic E-state index is 5.04. The lowest BCUT2D eigenvalue weighted by Gasteiger charge is -2.05. The van der Waals surface area contributed by atoms with Crippen molar-refractivity contribution in [2.75, 3.05) is 6.54 Å². The summed E-state index contributed by atoms with van der Waals surface area (Å²) in [7, 11) is -0.987. The Labute approximate surface area is 82.1 Å². The van der Waals surface area contributed by atoms with Crippen LogP contribution in [0, 0.1) is 0 Å². The first-order chi connectivity index (χ1) is 4.50. The highest BCUT2D eigenvalue weighted by Crippen LogP contribution is 1.87. The average Bonchev–Trinajstić information content (AvgIpc) is 1.84. The molecular weight excluding hydrogens is 242 g/mol. The molecule has 7 heteroatoms. The monoisotopic (exact) mass is 251 g/mol. The molecule has 0 amide bonds. The van der Waals surface area contributed by atoms with E-state index >= 15 is 0 Å². The number of hydrogen-bond acceptors (Lipinski definition) is 4. The molecule has 0 rings (SSSR count). The fraction of sp³-hybridized carbons (Fsp3) is 1.00. The van der Waals surface area contributed by atoms with Crippen molar-refractivity contribution in [2.45, 2.75) is 13.3 Å². The van der Waals surface area contributed by atoms with Crippen LogP contribution in [0.2, 0.25) is 0 Å². The highest BCUT2D eigenvalue weighted by atomic mass is 33.7. The Morgan fingerprint density at radius 1 is 1.40 bits per heavy atom. The van der Waals surface area contributed by atoms with E-state index in [0.29, 0.717) is 0 Å². The Hall–Kier alpha value is 1.54. The van der Waals surface area contributed by atoms with Crippen LogP contribution in [0.4, 0.5) is 0 Å². The van der Waals surface area contributed by atoms with Gasteiger partial charge in [0.05, 0.1) is 0 Å². The highest BCUT2D eigenvalue weighted by Gasteiger charge is 1.94. The third-order valence-electron chi connectivity index (χ3n) is 0.731. The largest absolute Gasteiger partial charge is 0.250 e. The molecule has 1 nitrogen and oxygen atoms in total. The molecule has 0 aromatic heterocycles. The Morgan fingerprint density at radius 2 is 1.90 bits per heavy atom. The van der Waals surface area contributed by atoms with Crippen LogP contribution in [0.15, 0.2) is 0 Å². The third kappa shape index (κ3) is 4.42. The molecule has 0 aromatic carbocycles. The summed E-state index contributed by atoms with van der Waals surface area (Å²) in [5.41, 5.74) is 0.